The van der Waals surface area contributed by atoms with Crippen molar-refractivity contribution < 1.29 is 9.59 Å². The van der Waals surface area contributed by atoms with Crippen LogP contribution < -0.4 is 16.0 Å². The van der Waals surface area contributed by atoms with E-state index in [9.17, 15) is 9.59 Å². The monoisotopic (exact) mass is 342 g/mol. The highest BCUT2D eigenvalue weighted by molar-refractivity contribution is 5.93. The van der Waals surface area contributed by atoms with Gasteiger partial charge in [-0.25, -0.2) is 9.97 Å². The van der Waals surface area contributed by atoms with Gasteiger partial charge in [-0.2, -0.15) is 0 Å². The molecule has 0 saturated carbocycles. The number of likely N-dealkylation sites (N-methyl/N-ethyl adjacent to an activating group) is 1. The van der Waals surface area contributed by atoms with Crippen molar-refractivity contribution in [1.29, 1.82) is 0 Å². The number of amides is 2. The lowest BCUT2D eigenvalue weighted by Crippen LogP contribution is -2.31. The lowest BCUT2D eigenvalue weighted by atomic mass is 10.2. The molecular weight excluding hydrogens is 320 g/mol. The number of nitrogens with one attached hydrogen (secondary N) is 3. The van der Waals surface area contributed by atoms with E-state index in [-0.39, 0.29) is 17.5 Å². The van der Waals surface area contributed by atoms with Crippen LogP contribution in [0.2, 0.25) is 0 Å². The Morgan fingerprint density at radius 1 is 1.12 bits per heavy atom. The predicted molar refractivity (Wildman–Crippen MR) is 96.9 cm³/mol. The zero-order valence-electron chi connectivity index (χ0n) is 14.5. The molecule has 0 aliphatic carbocycles. The summed E-state index contributed by atoms with van der Waals surface area (Å²) >= 11 is 0. The first-order chi connectivity index (χ1) is 11.9. The van der Waals surface area contributed by atoms with Crippen LogP contribution >= 0.6 is 0 Å². The van der Waals surface area contributed by atoms with Gasteiger partial charge in [0.2, 0.25) is 5.91 Å². The fourth-order valence-corrected chi connectivity index (χ4v) is 2.06. The van der Waals surface area contributed by atoms with E-state index in [4.69, 9.17) is 0 Å². The Balaban J connectivity index is 2.03. The second kappa shape index (κ2) is 8.74. The maximum Gasteiger partial charge on any atom is 0.270 e. The molecular formula is C17H22N6O2. The first kappa shape index (κ1) is 18.3. The van der Waals surface area contributed by atoms with Gasteiger partial charge >= 0.3 is 0 Å². The number of anilines is 3. The van der Waals surface area contributed by atoms with Crippen LogP contribution in [-0.4, -0.2) is 53.9 Å². The second-order valence-electron chi connectivity index (χ2n) is 5.73. The average Bonchev–Trinajstić information content (AvgIpc) is 2.54. The van der Waals surface area contributed by atoms with Gasteiger partial charge in [0.15, 0.2) is 0 Å². The van der Waals surface area contributed by atoms with Crippen LogP contribution in [0.15, 0.2) is 36.7 Å². The lowest BCUT2D eigenvalue weighted by Gasteiger charge is -2.11. The molecule has 0 radical (unpaired) electrons. The Morgan fingerprint density at radius 3 is 2.60 bits per heavy atom. The zero-order valence-corrected chi connectivity index (χ0v) is 14.5. The summed E-state index contributed by atoms with van der Waals surface area (Å²) in [5, 5.41) is 8.62. The van der Waals surface area contributed by atoms with Gasteiger partial charge < -0.3 is 20.9 Å². The SMILES string of the molecule is CC(=O)Nc1cccc(Nc2cc(C(=O)NCCN(C)C)ncn2)c1. The molecule has 0 spiro atoms. The molecule has 0 aliphatic heterocycles. The third-order valence-corrected chi connectivity index (χ3v) is 3.20. The van der Waals surface area contributed by atoms with Crippen molar-refractivity contribution in [3.63, 3.8) is 0 Å². The topological polar surface area (TPSA) is 99.2 Å². The molecule has 0 fully saturated rings. The van der Waals surface area contributed by atoms with E-state index in [2.05, 4.69) is 25.9 Å². The van der Waals surface area contributed by atoms with Crippen molar-refractivity contribution in [2.45, 2.75) is 6.92 Å². The summed E-state index contributed by atoms with van der Waals surface area (Å²) < 4.78 is 0. The average molecular weight is 342 g/mol. The van der Waals surface area contributed by atoms with Gasteiger partial charge in [0.05, 0.1) is 0 Å². The minimum atomic E-state index is -0.251. The van der Waals surface area contributed by atoms with Crippen LogP contribution in [0, 0.1) is 0 Å². The molecule has 8 heteroatoms. The molecule has 8 nitrogen and oxygen atoms in total. The largest absolute Gasteiger partial charge is 0.349 e. The van der Waals surface area contributed by atoms with E-state index in [0.717, 1.165) is 12.2 Å². The molecule has 0 aliphatic rings. The summed E-state index contributed by atoms with van der Waals surface area (Å²) in [5.74, 6) is 0.0999. The summed E-state index contributed by atoms with van der Waals surface area (Å²) in [6, 6.07) is 8.79. The molecule has 3 N–H and O–H groups in total. The summed E-state index contributed by atoms with van der Waals surface area (Å²) in [6.07, 6.45) is 1.33. The highest BCUT2D eigenvalue weighted by Gasteiger charge is 2.09. The molecule has 25 heavy (non-hydrogen) atoms. The minimum absolute atomic E-state index is 0.143. The Labute approximate surface area is 146 Å². The van der Waals surface area contributed by atoms with Gasteiger partial charge in [-0.05, 0) is 32.3 Å². The second-order valence-corrected chi connectivity index (χ2v) is 5.73. The van der Waals surface area contributed by atoms with Crippen molar-refractivity contribution >= 4 is 29.0 Å². The van der Waals surface area contributed by atoms with Crippen molar-refractivity contribution in [3.8, 4) is 0 Å². The maximum absolute atomic E-state index is 12.1. The van der Waals surface area contributed by atoms with E-state index in [0.29, 0.717) is 18.1 Å². The molecule has 1 heterocycles. The number of carbonyl (C=O) groups is 2. The van der Waals surface area contributed by atoms with Crippen molar-refractivity contribution in [2.75, 3.05) is 37.8 Å². The van der Waals surface area contributed by atoms with Crippen LogP contribution in [0.25, 0.3) is 0 Å². The summed E-state index contributed by atoms with van der Waals surface area (Å²) in [7, 11) is 3.88. The number of benzene rings is 1. The van der Waals surface area contributed by atoms with E-state index in [1.54, 1.807) is 18.2 Å². The number of hydrogen-bond acceptors (Lipinski definition) is 6. The predicted octanol–water partition coefficient (Wildman–Crippen LogP) is 1.47. The molecule has 2 aromatic rings. The van der Waals surface area contributed by atoms with Gasteiger partial charge in [-0.3, -0.25) is 9.59 Å². The van der Waals surface area contributed by atoms with Crippen LogP contribution in [0.5, 0.6) is 0 Å². The fraction of sp³-hybridized carbons (Fsp3) is 0.294. The van der Waals surface area contributed by atoms with Crippen molar-refractivity contribution in [3.05, 3.63) is 42.4 Å². The smallest absolute Gasteiger partial charge is 0.270 e. The highest BCUT2D eigenvalue weighted by atomic mass is 16.2. The van der Waals surface area contributed by atoms with E-state index >= 15 is 0 Å². The number of hydrogen-bond donors (Lipinski definition) is 3. The van der Waals surface area contributed by atoms with Gasteiger partial charge in [0.1, 0.15) is 17.8 Å². The molecule has 132 valence electrons. The fourth-order valence-electron chi connectivity index (χ4n) is 2.06. The Hall–Kier alpha value is -3.00. The molecule has 2 amide bonds. The third kappa shape index (κ3) is 6.19. The van der Waals surface area contributed by atoms with E-state index in [1.165, 1.54) is 13.3 Å². The molecule has 0 bridgehead atoms. The van der Waals surface area contributed by atoms with Crippen LogP contribution in [0.1, 0.15) is 17.4 Å². The molecule has 0 unspecified atom stereocenters. The zero-order chi connectivity index (χ0) is 18.2. The highest BCUT2D eigenvalue weighted by Crippen LogP contribution is 2.19. The minimum Gasteiger partial charge on any atom is -0.349 e. The summed E-state index contributed by atoms with van der Waals surface area (Å²) in [4.78, 5) is 33.3. The molecule has 1 aromatic carbocycles. The van der Waals surface area contributed by atoms with Crippen molar-refractivity contribution in [1.82, 2.24) is 20.2 Å². The number of rotatable bonds is 7. The standard InChI is InChI=1S/C17H22N6O2/c1-12(24)21-13-5-4-6-14(9-13)22-16-10-15(19-11-20-16)17(25)18-7-8-23(2)3/h4-6,9-11H,7-8H2,1-3H3,(H,18,25)(H,21,24)(H,19,20,22). The van der Waals surface area contributed by atoms with Gasteiger partial charge in [0.25, 0.3) is 5.91 Å². The summed E-state index contributed by atoms with van der Waals surface area (Å²) in [5.41, 5.74) is 1.70. The molecule has 0 atom stereocenters. The normalized spacial score (nSPS) is 10.4. The number of aromatic nitrogens is 2. The van der Waals surface area contributed by atoms with Crippen LogP contribution in [0.4, 0.5) is 17.2 Å². The molecule has 2 rings (SSSR count). The molecule has 1 aromatic heterocycles. The third-order valence-electron chi connectivity index (χ3n) is 3.20. The lowest BCUT2D eigenvalue weighted by molar-refractivity contribution is -0.114. The molecule has 0 saturated heterocycles. The van der Waals surface area contributed by atoms with Gasteiger partial charge in [0, 0.05) is 37.5 Å². The Kier molecular flexibility index (Phi) is 6.41. The maximum atomic E-state index is 12.1. The van der Waals surface area contributed by atoms with Crippen molar-refractivity contribution in [2.24, 2.45) is 0 Å². The quantitative estimate of drug-likeness (QED) is 0.705. The first-order valence-electron chi connectivity index (χ1n) is 7.83. The van der Waals surface area contributed by atoms with Crippen LogP contribution in [0.3, 0.4) is 0 Å². The van der Waals surface area contributed by atoms with Gasteiger partial charge in [-0.1, -0.05) is 6.07 Å². The summed E-state index contributed by atoms with van der Waals surface area (Å²) in [6.45, 7) is 2.74. The van der Waals surface area contributed by atoms with Crippen LogP contribution in [-0.2, 0) is 4.79 Å². The van der Waals surface area contributed by atoms with E-state index < -0.39 is 0 Å². The number of carbonyl (C=O) groups excluding carboxylic acids is 2. The van der Waals surface area contributed by atoms with Gasteiger partial charge in [-0.15, -0.1) is 0 Å². The Morgan fingerprint density at radius 2 is 1.88 bits per heavy atom. The first-order valence-corrected chi connectivity index (χ1v) is 7.83. The van der Waals surface area contributed by atoms with E-state index in [1.807, 2.05) is 31.1 Å². The number of nitrogens with zero attached hydrogens (tertiary/aromatic N) is 3. The Bertz CT molecular complexity index is 747.